The van der Waals surface area contributed by atoms with Crippen molar-refractivity contribution in [3.05, 3.63) is 94.5 Å². The maximum absolute atomic E-state index is 12.4. The van der Waals surface area contributed by atoms with Crippen LogP contribution in [0.3, 0.4) is 0 Å². The maximum atomic E-state index is 12.4. The molecule has 3 aromatic carbocycles. The van der Waals surface area contributed by atoms with Crippen molar-refractivity contribution in [3.63, 3.8) is 0 Å². The minimum Gasteiger partial charge on any atom is -0.489 e. The molecule has 0 aromatic heterocycles. The van der Waals surface area contributed by atoms with Crippen molar-refractivity contribution in [2.75, 3.05) is 5.32 Å². The zero-order chi connectivity index (χ0) is 19.2. The van der Waals surface area contributed by atoms with Crippen LogP contribution in [0.25, 0.3) is 0 Å². The Morgan fingerprint density at radius 2 is 1.63 bits per heavy atom. The van der Waals surface area contributed by atoms with Crippen molar-refractivity contribution in [3.8, 4) is 5.75 Å². The van der Waals surface area contributed by atoms with Crippen LogP contribution >= 0.6 is 11.6 Å². The quantitative estimate of drug-likeness (QED) is 0.546. The summed E-state index contributed by atoms with van der Waals surface area (Å²) in [5.74, 6) is 1.01. The summed E-state index contributed by atoms with van der Waals surface area (Å²) >= 11 is 6.13. The van der Waals surface area contributed by atoms with Crippen LogP contribution in [0.4, 0.5) is 5.69 Å². The van der Waals surface area contributed by atoms with Gasteiger partial charge in [0.05, 0.1) is 0 Å². The van der Waals surface area contributed by atoms with E-state index in [2.05, 4.69) is 19.2 Å². The molecule has 4 heteroatoms. The summed E-state index contributed by atoms with van der Waals surface area (Å²) in [6, 6.07) is 22.6. The fourth-order valence-electron chi connectivity index (χ4n) is 2.63. The molecule has 0 atom stereocenters. The highest BCUT2D eigenvalue weighted by Gasteiger charge is 2.07. The summed E-state index contributed by atoms with van der Waals surface area (Å²) in [7, 11) is 0. The molecule has 0 bridgehead atoms. The largest absolute Gasteiger partial charge is 0.489 e. The van der Waals surface area contributed by atoms with E-state index < -0.39 is 0 Å². The van der Waals surface area contributed by atoms with E-state index in [0.29, 0.717) is 28.9 Å². The molecule has 0 heterocycles. The number of halogens is 1. The first-order chi connectivity index (χ1) is 13.0. The summed E-state index contributed by atoms with van der Waals surface area (Å²) in [5.41, 5.74) is 3.52. The molecule has 3 rings (SSSR count). The van der Waals surface area contributed by atoms with Crippen LogP contribution in [0.1, 0.15) is 41.3 Å². The minimum absolute atomic E-state index is 0.148. The Morgan fingerprint density at radius 1 is 0.963 bits per heavy atom. The van der Waals surface area contributed by atoms with Crippen LogP contribution in [0, 0.1) is 0 Å². The number of amides is 1. The fraction of sp³-hybridized carbons (Fsp3) is 0.174. The SMILES string of the molecule is CC(C)c1ccc(NC(=O)c2ccc(OCc3ccccc3Cl)cc2)cc1. The Bertz CT molecular complexity index is 902. The summed E-state index contributed by atoms with van der Waals surface area (Å²) < 4.78 is 5.75. The average molecular weight is 380 g/mol. The van der Waals surface area contributed by atoms with Gasteiger partial charge in [0.15, 0.2) is 0 Å². The Labute approximate surface area is 164 Å². The highest BCUT2D eigenvalue weighted by Crippen LogP contribution is 2.20. The molecular formula is C23H22ClNO2. The van der Waals surface area contributed by atoms with Crippen molar-refractivity contribution >= 4 is 23.2 Å². The van der Waals surface area contributed by atoms with Gasteiger partial charge in [0.25, 0.3) is 5.91 Å². The first kappa shape index (κ1) is 19.0. The molecule has 0 aliphatic heterocycles. The summed E-state index contributed by atoms with van der Waals surface area (Å²) in [6.07, 6.45) is 0. The lowest BCUT2D eigenvalue weighted by Crippen LogP contribution is -2.11. The van der Waals surface area contributed by atoms with Crippen LogP contribution in [0.5, 0.6) is 5.75 Å². The minimum atomic E-state index is -0.148. The Morgan fingerprint density at radius 3 is 2.26 bits per heavy atom. The molecule has 0 radical (unpaired) electrons. The zero-order valence-electron chi connectivity index (χ0n) is 15.4. The molecule has 0 saturated heterocycles. The van der Waals surface area contributed by atoms with E-state index in [1.165, 1.54) is 5.56 Å². The fourth-order valence-corrected chi connectivity index (χ4v) is 2.82. The smallest absolute Gasteiger partial charge is 0.255 e. The number of carbonyl (C=O) groups excluding carboxylic acids is 1. The number of hydrogen-bond donors (Lipinski definition) is 1. The number of nitrogens with one attached hydrogen (secondary N) is 1. The molecule has 3 nitrogen and oxygen atoms in total. The second-order valence-corrected chi connectivity index (χ2v) is 7.04. The molecule has 138 valence electrons. The normalized spacial score (nSPS) is 10.7. The molecule has 0 aliphatic carbocycles. The van der Waals surface area contributed by atoms with Gasteiger partial charge in [0.1, 0.15) is 12.4 Å². The summed E-state index contributed by atoms with van der Waals surface area (Å²) in [4.78, 5) is 12.4. The molecule has 0 unspecified atom stereocenters. The van der Waals surface area contributed by atoms with Crippen LogP contribution in [0.2, 0.25) is 5.02 Å². The average Bonchev–Trinajstić information content (AvgIpc) is 2.68. The van der Waals surface area contributed by atoms with E-state index in [0.717, 1.165) is 11.3 Å². The van der Waals surface area contributed by atoms with Gasteiger partial charge in [-0.3, -0.25) is 4.79 Å². The highest BCUT2D eigenvalue weighted by atomic mass is 35.5. The van der Waals surface area contributed by atoms with Crippen molar-refractivity contribution in [1.82, 2.24) is 0 Å². The molecule has 1 N–H and O–H groups in total. The molecule has 0 fully saturated rings. The molecule has 1 amide bonds. The van der Waals surface area contributed by atoms with Gasteiger partial charge >= 0.3 is 0 Å². The second kappa shape index (κ2) is 8.74. The number of ether oxygens (including phenoxy) is 1. The zero-order valence-corrected chi connectivity index (χ0v) is 16.2. The van der Waals surface area contributed by atoms with Crippen LogP contribution in [-0.2, 0) is 6.61 Å². The van der Waals surface area contributed by atoms with E-state index in [4.69, 9.17) is 16.3 Å². The standard InChI is InChI=1S/C23H22ClNO2/c1-16(2)17-7-11-20(12-8-17)25-23(26)18-9-13-21(14-10-18)27-15-19-5-3-4-6-22(19)24/h3-14,16H,15H2,1-2H3,(H,25,26). The molecule has 3 aromatic rings. The summed E-state index contributed by atoms with van der Waals surface area (Å²) in [6.45, 7) is 4.67. The van der Waals surface area contributed by atoms with Crippen LogP contribution < -0.4 is 10.1 Å². The number of hydrogen-bond acceptors (Lipinski definition) is 2. The van der Waals surface area contributed by atoms with Crippen molar-refractivity contribution in [2.24, 2.45) is 0 Å². The Kier molecular flexibility index (Phi) is 6.15. The first-order valence-corrected chi connectivity index (χ1v) is 9.28. The van der Waals surface area contributed by atoms with Crippen molar-refractivity contribution < 1.29 is 9.53 Å². The number of anilines is 1. The summed E-state index contributed by atoms with van der Waals surface area (Å²) in [5, 5.41) is 3.59. The van der Waals surface area contributed by atoms with Gasteiger partial charge in [0.2, 0.25) is 0 Å². The number of benzene rings is 3. The van der Waals surface area contributed by atoms with E-state index in [1.54, 1.807) is 24.3 Å². The molecule has 0 spiro atoms. The van der Waals surface area contributed by atoms with Gasteiger partial charge in [-0.2, -0.15) is 0 Å². The lowest BCUT2D eigenvalue weighted by atomic mass is 10.0. The van der Waals surface area contributed by atoms with Gasteiger partial charge in [-0.05, 0) is 53.9 Å². The molecule has 0 aliphatic rings. The third-order valence-corrected chi connectivity index (χ3v) is 4.67. The second-order valence-electron chi connectivity index (χ2n) is 6.64. The Balaban J connectivity index is 1.59. The predicted molar refractivity (Wildman–Crippen MR) is 111 cm³/mol. The topological polar surface area (TPSA) is 38.3 Å². The van der Waals surface area contributed by atoms with E-state index in [9.17, 15) is 4.79 Å². The first-order valence-electron chi connectivity index (χ1n) is 8.90. The van der Waals surface area contributed by atoms with Crippen LogP contribution in [0.15, 0.2) is 72.8 Å². The van der Waals surface area contributed by atoms with E-state index in [-0.39, 0.29) is 5.91 Å². The molecular weight excluding hydrogens is 358 g/mol. The predicted octanol–water partition coefficient (Wildman–Crippen LogP) is 6.29. The van der Waals surface area contributed by atoms with Gasteiger partial charge in [-0.1, -0.05) is 55.8 Å². The van der Waals surface area contributed by atoms with Crippen molar-refractivity contribution in [2.45, 2.75) is 26.4 Å². The lowest BCUT2D eigenvalue weighted by Gasteiger charge is -2.10. The van der Waals surface area contributed by atoms with E-state index in [1.807, 2.05) is 48.5 Å². The number of rotatable bonds is 6. The van der Waals surface area contributed by atoms with Crippen molar-refractivity contribution in [1.29, 1.82) is 0 Å². The maximum Gasteiger partial charge on any atom is 0.255 e. The molecule has 27 heavy (non-hydrogen) atoms. The number of carbonyl (C=O) groups is 1. The third kappa shape index (κ3) is 5.11. The van der Waals surface area contributed by atoms with Gasteiger partial charge in [0, 0.05) is 21.8 Å². The lowest BCUT2D eigenvalue weighted by molar-refractivity contribution is 0.102. The van der Waals surface area contributed by atoms with Crippen LogP contribution in [-0.4, -0.2) is 5.91 Å². The molecule has 0 saturated carbocycles. The Hall–Kier alpha value is -2.78. The van der Waals surface area contributed by atoms with Gasteiger partial charge in [-0.25, -0.2) is 0 Å². The van der Waals surface area contributed by atoms with Gasteiger partial charge < -0.3 is 10.1 Å². The third-order valence-electron chi connectivity index (χ3n) is 4.30. The van der Waals surface area contributed by atoms with E-state index >= 15 is 0 Å². The highest BCUT2D eigenvalue weighted by molar-refractivity contribution is 6.31. The monoisotopic (exact) mass is 379 g/mol. The van der Waals surface area contributed by atoms with Gasteiger partial charge in [-0.15, -0.1) is 0 Å².